The molecule has 3 rings (SSSR count). The maximum atomic E-state index is 13.0. The number of carbonyl (C=O) groups excluding carboxylic acids is 2. The van der Waals surface area contributed by atoms with Crippen molar-refractivity contribution in [3.63, 3.8) is 0 Å². The van der Waals surface area contributed by atoms with Crippen molar-refractivity contribution in [2.45, 2.75) is 27.7 Å². The smallest absolute Gasteiger partial charge is 0.340 e. The molecule has 0 spiro atoms. The van der Waals surface area contributed by atoms with Gasteiger partial charge in [0.2, 0.25) is 0 Å². The molecule has 0 bridgehead atoms. The lowest BCUT2D eigenvalue weighted by molar-refractivity contribution is -0.136. The molecule has 156 valence electrons. The van der Waals surface area contributed by atoms with Gasteiger partial charge in [0, 0.05) is 34.3 Å². The number of nitrogens with zero attached hydrogens (tertiary/aromatic N) is 2. The molecular formula is C24H25ClN2O3. The lowest BCUT2D eigenvalue weighted by Gasteiger charge is -2.14. The van der Waals surface area contributed by atoms with Crippen LogP contribution in [0.5, 0.6) is 0 Å². The van der Waals surface area contributed by atoms with Gasteiger partial charge in [-0.3, -0.25) is 4.79 Å². The highest BCUT2D eigenvalue weighted by atomic mass is 35.5. The summed E-state index contributed by atoms with van der Waals surface area (Å²) in [6.07, 6.45) is 3.39. The Morgan fingerprint density at radius 1 is 1.20 bits per heavy atom. The van der Waals surface area contributed by atoms with Gasteiger partial charge in [0.05, 0.1) is 18.3 Å². The average Bonchev–Trinajstić information content (AvgIpc) is 3.11. The molecule has 1 amide bonds. The Hall–Kier alpha value is -3.05. The van der Waals surface area contributed by atoms with E-state index in [0.29, 0.717) is 22.8 Å². The number of hydrogen-bond donors (Lipinski definition) is 0. The zero-order valence-corrected chi connectivity index (χ0v) is 18.6. The largest absolute Gasteiger partial charge is 0.465 e. The maximum absolute atomic E-state index is 13.0. The van der Waals surface area contributed by atoms with Crippen LogP contribution >= 0.6 is 11.6 Å². The number of allylic oxidation sites excluding steroid dienone is 1. The first-order valence-corrected chi connectivity index (χ1v) is 9.98. The second-order valence-corrected chi connectivity index (χ2v) is 7.72. The highest BCUT2D eigenvalue weighted by molar-refractivity contribution is 6.31. The van der Waals surface area contributed by atoms with Crippen LogP contribution in [-0.2, 0) is 14.3 Å². The van der Waals surface area contributed by atoms with Crippen molar-refractivity contribution in [1.82, 2.24) is 9.47 Å². The van der Waals surface area contributed by atoms with Crippen LogP contribution < -0.4 is 0 Å². The molecule has 0 saturated carbocycles. The standard InChI is InChI=1S/C24H25ClN2O3/c1-7-10-26-17(5)22(24(29)30-6)20(23(26)28)12-18-11-15(3)27(16(18)4)19-9-8-14(2)21(25)13-19/h7-9,11-13H,1,10H2,2-6H3. The van der Waals surface area contributed by atoms with E-state index >= 15 is 0 Å². The third kappa shape index (κ3) is 3.61. The van der Waals surface area contributed by atoms with E-state index in [9.17, 15) is 9.59 Å². The first kappa shape index (κ1) is 21.7. The summed E-state index contributed by atoms with van der Waals surface area (Å²) in [7, 11) is 1.31. The van der Waals surface area contributed by atoms with E-state index in [0.717, 1.165) is 28.2 Å². The Morgan fingerprint density at radius 3 is 2.50 bits per heavy atom. The number of halogens is 1. The van der Waals surface area contributed by atoms with Gasteiger partial charge in [0.15, 0.2) is 0 Å². The van der Waals surface area contributed by atoms with Gasteiger partial charge in [-0.1, -0.05) is 23.7 Å². The number of carbonyl (C=O) groups is 2. The summed E-state index contributed by atoms with van der Waals surface area (Å²) < 4.78 is 7.01. The predicted molar refractivity (Wildman–Crippen MR) is 120 cm³/mol. The quantitative estimate of drug-likeness (QED) is 0.389. The number of benzene rings is 1. The molecule has 30 heavy (non-hydrogen) atoms. The molecule has 0 N–H and O–H groups in total. The third-order valence-electron chi connectivity index (χ3n) is 5.40. The zero-order valence-electron chi connectivity index (χ0n) is 17.9. The molecule has 2 heterocycles. The maximum Gasteiger partial charge on any atom is 0.340 e. The zero-order chi connectivity index (χ0) is 22.2. The van der Waals surface area contributed by atoms with Crippen LogP contribution in [0.15, 0.2) is 53.8 Å². The number of rotatable bonds is 5. The molecule has 1 aliphatic rings. The Kier molecular flexibility index (Phi) is 6.04. The van der Waals surface area contributed by atoms with Gasteiger partial charge < -0.3 is 14.2 Å². The van der Waals surface area contributed by atoms with Gasteiger partial charge in [0.25, 0.3) is 5.91 Å². The van der Waals surface area contributed by atoms with Crippen molar-refractivity contribution >= 4 is 29.6 Å². The van der Waals surface area contributed by atoms with Gasteiger partial charge >= 0.3 is 5.97 Å². The molecule has 1 aliphatic heterocycles. The van der Waals surface area contributed by atoms with E-state index in [-0.39, 0.29) is 11.5 Å². The second kappa shape index (κ2) is 8.36. The summed E-state index contributed by atoms with van der Waals surface area (Å²) in [5, 5.41) is 0.692. The van der Waals surface area contributed by atoms with Crippen LogP contribution in [-0.4, -0.2) is 35.0 Å². The average molecular weight is 425 g/mol. The van der Waals surface area contributed by atoms with Crippen LogP contribution in [0.2, 0.25) is 5.02 Å². The summed E-state index contributed by atoms with van der Waals surface area (Å²) in [6, 6.07) is 7.90. The minimum absolute atomic E-state index is 0.240. The van der Waals surface area contributed by atoms with Gasteiger partial charge in [0.1, 0.15) is 0 Å². The highest BCUT2D eigenvalue weighted by Crippen LogP contribution is 2.33. The van der Waals surface area contributed by atoms with Gasteiger partial charge in [-0.05, 0) is 63.1 Å². The van der Waals surface area contributed by atoms with Crippen molar-refractivity contribution in [3.8, 4) is 5.69 Å². The minimum atomic E-state index is -0.530. The third-order valence-corrected chi connectivity index (χ3v) is 5.80. The Bertz CT molecular complexity index is 1120. The summed E-state index contributed by atoms with van der Waals surface area (Å²) in [5.74, 6) is -0.770. The van der Waals surface area contributed by atoms with Crippen LogP contribution in [0, 0.1) is 20.8 Å². The molecule has 0 unspecified atom stereocenters. The molecule has 2 aromatic rings. The number of methoxy groups -OCH3 is 1. The SMILES string of the molecule is C=CCN1C(=O)C(=Cc2cc(C)n(-c3ccc(C)c(Cl)c3)c2C)C(C(=O)OC)=C1C. The molecule has 0 fully saturated rings. The monoisotopic (exact) mass is 424 g/mol. The number of hydrogen-bond acceptors (Lipinski definition) is 3. The molecule has 0 atom stereocenters. The van der Waals surface area contributed by atoms with E-state index < -0.39 is 5.97 Å². The summed E-state index contributed by atoms with van der Waals surface area (Å²) in [5.41, 5.74) is 5.91. The van der Waals surface area contributed by atoms with E-state index in [1.807, 2.05) is 45.0 Å². The van der Waals surface area contributed by atoms with E-state index in [1.54, 1.807) is 19.1 Å². The van der Waals surface area contributed by atoms with E-state index in [4.69, 9.17) is 16.3 Å². The molecule has 6 heteroatoms. The Morgan fingerprint density at radius 2 is 1.90 bits per heavy atom. The normalized spacial score (nSPS) is 15.3. The minimum Gasteiger partial charge on any atom is -0.465 e. The fourth-order valence-corrected chi connectivity index (χ4v) is 3.96. The lowest BCUT2D eigenvalue weighted by atomic mass is 10.0. The fraction of sp³-hybridized carbons (Fsp3) is 0.250. The summed E-state index contributed by atoms with van der Waals surface area (Å²) in [4.78, 5) is 27.0. The van der Waals surface area contributed by atoms with Gasteiger partial charge in [-0.2, -0.15) is 0 Å². The first-order valence-electron chi connectivity index (χ1n) is 9.60. The second-order valence-electron chi connectivity index (χ2n) is 7.31. The van der Waals surface area contributed by atoms with Crippen molar-refractivity contribution in [2.75, 3.05) is 13.7 Å². The van der Waals surface area contributed by atoms with Crippen LogP contribution in [0.3, 0.4) is 0 Å². The van der Waals surface area contributed by atoms with Crippen LogP contribution in [0.1, 0.15) is 29.4 Å². The summed E-state index contributed by atoms with van der Waals surface area (Å²) >= 11 is 6.32. The number of ether oxygens (including phenoxy) is 1. The van der Waals surface area contributed by atoms with Crippen LogP contribution in [0.4, 0.5) is 0 Å². The Balaban J connectivity index is 2.14. The predicted octanol–water partition coefficient (Wildman–Crippen LogP) is 4.91. The molecule has 0 radical (unpaired) electrons. The number of amides is 1. The number of aromatic nitrogens is 1. The molecule has 5 nitrogen and oxygen atoms in total. The van der Waals surface area contributed by atoms with Crippen molar-refractivity contribution < 1.29 is 14.3 Å². The van der Waals surface area contributed by atoms with Crippen LogP contribution in [0.25, 0.3) is 11.8 Å². The van der Waals surface area contributed by atoms with Crippen molar-refractivity contribution in [3.05, 3.63) is 81.3 Å². The highest BCUT2D eigenvalue weighted by Gasteiger charge is 2.36. The molecule has 1 aromatic carbocycles. The molecule has 0 saturated heterocycles. The topological polar surface area (TPSA) is 51.5 Å². The lowest BCUT2D eigenvalue weighted by Crippen LogP contribution is -2.25. The molecule has 1 aromatic heterocycles. The van der Waals surface area contributed by atoms with Crippen molar-refractivity contribution in [2.24, 2.45) is 0 Å². The fourth-order valence-electron chi connectivity index (χ4n) is 3.78. The summed E-state index contributed by atoms with van der Waals surface area (Å²) in [6.45, 7) is 11.7. The molecule has 0 aliphatic carbocycles. The van der Waals surface area contributed by atoms with Gasteiger partial charge in [-0.25, -0.2) is 4.79 Å². The molecular weight excluding hydrogens is 400 g/mol. The van der Waals surface area contributed by atoms with E-state index in [2.05, 4.69) is 11.1 Å². The number of esters is 1. The Labute approximate surface area is 181 Å². The number of aryl methyl sites for hydroxylation is 2. The first-order chi connectivity index (χ1) is 14.2. The van der Waals surface area contributed by atoms with Crippen molar-refractivity contribution in [1.29, 1.82) is 0 Å². The van der Waals surface area contributed by atoms with Gasteiger partial charge in [-0.15, -0.1) is 6.58 Å². The van der Waals surface area contributed by atoms with E-state index in [1.165, 1.54) is 12.0 Å².